The van der Waals surface area contributed by atoms with Gasteiger partial charge in [0.25, 0.3) is 0 Å². The third-order valence-corrected chi connectivity index (χ3v) is 10.8. The summed E-state index contributed by atoms with van der Waals surface area (Å²) in [5, 5.41) is 3.06. The summed E-state index contributed by atoms with van der Waals surface area (Å²) in [6.45, 7) is 12.6. The van der Waals surface area contributed by atoms with E-state index in [1.54, 1.807) is 11.8 Å². The summed E-state index contributed by atoms with van der Waals surface area (Å²) >= 11 is 1.71. The van der Waals surface area contributed by atoms with Gasteiger partial charge in [0.1, 0.15) is 5.78 Å². The van der Waals surface area contributed by atoms with Crippen LogP contribution in [-0.2, 0) is 14.0 Å². The minimum Gasteiger partial charge on any atom is -0.412 e. The van der Waals surface area contributed by atoms with E-state index in [1.807, 2.05) is 24.3 Å². The van der Waals surface area contributed by atoms with Gasteiger partial charge in [0, 0.05) is 35.6 Å². The maximum absolute atomic E-state index is 12.0. The number of benzene rings is 1. The summed E-state index contributed by atoms with van der Waals surface area (Å²) in [4.78, 5) is 24.2. The first-order chi connectivity index (χ1) is 11.5. The molecular formula is C19H29NO3SSi. The number of carbonyl (C=O) groups is 2. The molecule has 0 spiro atoms. The summed E-state index contributed by atoms with van der Waals surface area (Å²) in [6.07, 6.45) is 1.08. The lowest BCUT2D eigenvalue weighted by atomic mass is 10.2. The minimum absolute atomic E-state index is 0.00610. The Hall–Kier alpha value is -1.11. The van der Waals surface area contributed by atoms with Crippen molar-refractivity contribution in [3.8, 4) is 0 Å². The van der Waals surface area contributed by atoms with Gasteiger partial charge in [0.05, 0.1) is 6.10 Å². The van der Waals surface area contributed by atoms with Crippen molar-refractivity contribution >= 4 is 37.5 Å². The molecule has 1 aromatic rings. The van der Waals surface area contributed by atoms with E-state index in [0.717, 1.165) is 10.6 Å². The number of carbonyl (C=O) groups excluding carboxylic acids is 2. The molecule has 0 saturated heterocycles. The number of thioether (sulfide) groups is 1. The number of hydrogen-bond donors (Lipinski definition) is 1. The molecule has 6 heteroatoms. The van der Waals surface area contributed by atoms with Crippen molar-refractivity contribution < 1.29 is 14.0 Å². The molecule has 1 fully saturated rings. The van der Waals surface area contributed by atoms with Crippen molar-refractivity contribution in [2.45, 2.75) is 74.9 Å². The second kappa shape index (κ2) is 7.64. The van der Waals surface area contributed by atoms with E-state index in [9.17, 15) is 9.59 Å². The van der Waals surface area contributed by atoms with Crippen LogP contribution < -0.4 is 5.32 Å². The van der Waals surface area contributed by atoms with Gasteiger partial charge in [-0.25, -0.2) is 0 Å². The van der Waals surface area contributed by atoms with Crippen LogP contribution in [0.1, 0.15) is 40.5 Å². The van der Waals surface area contributed by atoms with Crippen molar-refractivity contribution in [2.24, 2.45) is 0 Å². The van der Waals surface area contributed by atoms with Gasteiger partial charge in [0.15, 0.2) is 8.32 Å². The van der Waals surface area contributed by atoms with Crippen molar-refractivity contribution in [1.29, 1.82) is 0 Å². The maximum Gasteiger partial charge on any atom is 0.221 e. The summed E-state index contributed by atoms with van der Waals surface area (Å²) in [6, 6.07) is 7.76. The van der Waals surface area contributed by atoms with Crippen LogP contribution in [0.2, 0.25) is 18.1 Å². The molecular weight excluding hydrogens is 350 g/mol. The topological polar surface area (TPSA) is 55.4 Å². The number of ketones is 1. The molecule has 4 nitrogen and oxygen atoms in total. The number of nitrogens with one attached hydrogen (secondary N) is 1. The zero-order valence-electron chi connectivity index (χ0n) is 16.0. The smallest absolute Gasteiger partial charge is 0.221 e. The third kappa shape index (κ3) is 5.43. The highest BCUT2D eigenvalue weighted by molar-refractivity contribution is 8.00. The van der Waals surface area contributed by atoms with Crippen LogP contribution in [0.25, 0.3) is 0 Å². The Labute approximate surface area is 156 Å². The molecule has 1 aliphatic carbocycles. The summed E-state index contributed by atoms with van der Waals surface area (Å²) < 4.78 is 6.54. The molecule has 138 valence electrons. The number of hydrogen-bond acceptors (Lipinski definition) is 4. The largest absolute Gasteiger partial charge is 0.412 e. The SMILES string of the molecule is CC(=O)Nc1ccc(S[C@H]2CC(=O)C[C@@H]2O[Si](C)(C)C(C)(C)C)cc1. The molecule has 25 heavy (non-hydrogen) atoms. The third-order valence-electron chi connectivity index (χ3n) is 4.99. The van der Waals surface area contributed by atoms with Gasteiger partial charge in [-0.15, -0.1) is 11.8 Å². The normalized spacial score (nSPS) is 21.4. The van der Waals surface area contributed by atoms with E-state index in [4.69, 9.17) is 4.43 Å². The Kier molecular flexibility index (Phi) is 6.17. The van der Waals surface area contributed by atoms with E-state index in [2.05, 4.69) is 39.2 Å². The van der Waals surface area contributed by atoms with Gasteiger partial charge in [-0.2, -0.15) is 0 Å². The fourth-order valence-electron chi connectivity index (χ4n) is 2.58. The molecule has 1 amide bonds. The first-order valence-electron chi connectivity index (χ1n) is 8.72. The van der Waals surface area contributed by atoms with E-state index < -0.39 is 8.32 Å². The van der Waals surface area contributed by atoms with Gasteiger partial charge in [-0.05, 0) is 42.4 Å². The number of Topliss-reactive ketones (excluding diaryl/α,β-unsaturated/α-hetero) is 1. The fraction of sp³-hybridized carbons (Fsp3) is 0.579. The van der Waals surface area contributed by atoms with Gasteiger partial charge >= 0.3 is 0 Å². The molecule has 1 saturated carbocycles. The van der Waals surface area contributed by atoms with E-state index in [-0.39, 0.29) is 28.1 Å². The van der Waals surface area contributed by atoms with Crippen LogP contribution in [0, 0.1) is 0 Å². The quantitative estimate of drug-likeness (QED) is 0.742. The first kappa shape index (κ1) is 20.2. The Morgan fingerprint density at radius 3 is 2.32 bits per heavy atom. The summed E-state index contributed by atoms with van der Waals surface area (Å²) in [5.74, 6) is 0.209. The number of anilines is 1. The zero-order valence-corrected chi connectivity index (χ0v) is 17.8. The molecule has 0 unspecified atom stereocenters. The van der Waals surface area contributed by atoms with Crippen molar-refractivity contribution in [2.75, 3.05) is 5.32 Å². The second-order valence-electron chi connectivity index (χ2n) is 8.23. The Balaban J connectivity index is 2.06. The summed E-state index contributed by atoms with van der Waals surface area (Å²) in [7, 11) is -1.90. The van der Waals surface area contributed by atoms with Crippen LogP contribution in [-0.4, -0.2) is 31.4 Å². The molecule has 1 aromatic carbocycles. The van der Waals surface area contributed by atoms with Gasteiger partial charge < -0.3 is 9.74 Å². The zero-order chi connectivity index (χ0) is 18.8. The highest BCUT2D eigenvalue weighted by atomic mass is 32.2. The Morgan fingerprint density at radius 2 is 1.80 bits per heavy atom. The molecule has 0 bridgehead atoms. The van der Waals surface area contributed by atoms with Gasteiger partial charge in [-0.1, -0.05) is 20.8 Å². The van der Waals surface area contributed by atoms with Crippen LogP contribution in [0.15, 0.2) is 29.2 Å². The lowest BCUT2D eigenvalue weighted by Gasteiger charge is -2.39. The van der Waals surface area contributed by atoms with E-state index in [0.29, 0.717) is 12.8 Å². The second-order valence-corrected chi connectivity index (χ2v) is 14.3. The van der Waals surface area contributed by atoms with Crippen molar-refractivity contribution in [3.63, 3.8) is 0 Å². The van der Waals surface area contributed by atoms with Crippen LogP contribution >= 0.6 is 11.8 Å². The molecule has 2 rings (SSSR count). The molecule has 0 aliphatic heterocycles. The molecule has 0 radical (unpaired) electrons. The predicted octanol–water partition coefficient (Wildman–Crippen LogP) is 4.86. The molecule has 1 aliphatic rings. The minimum atomic E-state index is -1.90. The predicted molar refractivity (Wildman–Crippen MR) is 107 cm³/mol. The van der Waals surface area contributed by atoms with Gasteiger partial charge in [-0.3, -0.25) is 9.59 Å². The molecule has 2 atom stereocenters. The first-order valence-corrected chi connectivity index (χ1v) is 12.5. The average molecular weight is 380 g/mol. The monoisotopic (exact) mass is 379 g/mol. The standard InChI is InChI=1S/C19H29NO3SSi/c1-13(21)20-14-7-9-16(10-8-14)24-18-12-15(22)11-17(18)23-25(5,6)19(2,3)4/h7-10,17-18H,11-12H2,1-6H3,(H,20,21)/t17-,18-/m0/s1. The molecule has 0 heterocycles. The highest BCUT2D eigenvalue weighted by Gasteiger charge is 2.44. The van der Waals surface area contributed by atoms with Crippen molar-refractivity contribution in [1.82, 2.24) is 0 Å². The molecule has 0 aromatic heterocycles. The van der Waals surface area contributed by atoms with Crippen LogP contribution in [0.3, 0.4) is 0 Å². The van der Waals surface area contributed by atoms with E-state index >= 15 is 0 Å². The Bertz CT molecular complexity index is 637. The Morgan fingerprint density at radius 1 is 1.20 bits per heavy atom. The lowest BCUT2D eigenvalue weighted by molar-refractivity contribution is -0.118. The van der Waals surface area contributed by atoms with Crippen molar-refractivity contribution in [3.05, 3.63) is 24.3 Å². The summed E-state index contributed by atoms with van der Waals surface area (Å²) in [5.41, 5.74) is 0.786. The number of amides is 1. The van der Waals surface area contributed by atoms with Crippen LogP contribution in [0.5, 0.6) is 0 Å². The molecule has 1 N–H and O–H groups in total. The van der Waals surface area contributed by atoms with E-state index in [1.165, 1.54) is 6.92 Å². The number of rotatable bonds is 5. The lowest BCUT2D eigenvalue weighted by Crippen LogP contribution is -2.45. The highest BCUT2D eigenvalue weighted by Crippen LogP contribution is 2.42. The maximum atomic E-state index is 12.0. The average Bonchev–Trinajstić information content (AvgIpc) is 2.78. The van der Waals surface area contributed by atoms with Gasteiger partial charge in [0.2, 0.25) is 5.91 Å². The van der Waals surface area contributed by atoms with Crippen LogP contribution in [0.4, 0.5) is 5.69 Å². The fourth-order valence-corrected chi connectivity index (χ4v) is 5.25.